The van der Waals surface area contributed by atoms with Crippen molar-refractivity contribution in [2.75, 3.05) is 23.3 Å². The van der Waals surface area contributed by atoms with Crippen molar-refractivity contribution in [1.29, 1.82) is 0 Å². The van der Waals surface area contributed by atoms with Crippen molar-refractivity contribution in [3.63, 3.8) is 0 Å². The van der Waals surface area contributed by atoms with Crippen LogP contribution in [-0.4, -0.2) is 42.0 Å². The van der Waals surface area contributed by atoms with Gasteiger partial charge in [0, 0.05) is 12.1 Å². The summed E-state index contributed by atoms with van der Waals surface area (Å²) < 4.78 is 5.86. The van der Waals surface area contributed by atoms with Crippen LogP contribution in [-0.2, 0) is 9.59 Å². The Kier molecular flexibility index (Phi) is 7.07. The van der Waals surface area contributed by atoms with E-state index in [4.69, 9.17) is 4.74 Å². The minimum atomic E-state index is -0.842. The molecule has 1 unspecified atom stereocenters. The molecular weight excluding hydrogens is 400 g/mol. The molecule has 2 N–H and O–H groups in total. The lowest BCUT2D eigenvalue weighted by Crippen LogP contribution is -2.53. The molecular formula is C22H26N4O5. The number of carbonyl (C=O) groups is 2. The molecule has 0 saturated carbocycles. The second kappa shape index (κ2) is 9.92. The summed E-state index contributed by atoms with van der Waals surface area (Å²) in [6.07, 6.45) is 0.757. The monoisotopic (exact) mass is 426 g/mol. The molecule has 1 heterocycles. The number of ether oxygens (including phenoxy) is 1. The third-order valence-electron chi connectivity index (χ3n) is 5.23. The molecule has 0 spiro atoms. The molecule has 0 radical (unpaired) electrons. The second-order valence-corrected chi connectivity index (χ2v) is 7.23. The predicted octanol–water partition coefficient (Wildman–Crippen LogP) is 3.11. The predicted molar refractivity (Wildman–Crippen MR) is 117 cm³/mol. The topological polar surface area (TPSA) is 114 Å². The molecule has 3 rings (SSSR count). The van der Waals surface area contributed by atoms with Gasteiger partial charge in [0.1, 0.15) is 11.4 Å². The van der Waals surface area contributed by atoms with Crippen LogP contribution in [0.1, 0.15) is 26.7 Å². The molecule has 1 aliphatic heterocycles. The average molecular weight is 426 g/mol. The first-order valence-corrected chi connectivity index (χ1v) is 10.3. The van der Waals surface area contributed by atoms with Crippen LogP contribution in [0.15, 0.2) is 48.5 Å². The van der Waals surface area contributed by atoms with Crippen molar-refractivity contribution in [2.24, 2.45) is 0 Å². The molecule has 9 heteroatoms. The van der Waals surface area contributed by atoms with E-state index >= 15 is 0 Å². The SMILES string of the molecule is CCC(CC)NC(=O)C1CN(C(=O)CNc2ccccc2[N+](=O)[O-])c2ccccc2O1. The number of nitrogens with one attached hydrogen (secondary N) is 2. The van der Waals surface area contributed by atoms with Crippen LogP contribution in [0, 0.1) is 10.1 Å². The standard InChI is InChI=1S/C22H26N4O5/c1-3-15(4-2)24-22(28)20-14-25(18-11-7-8-12-19(18)31-20)21(27)13-23-16-9-5-6-10-17(16)26(29)30/h5-12,15,20,23H,3-4,13-14H2,1-2H3,(H,24,28). The number of anilines is 2. The van der Waals surface area contributed by atoms with E-state index in [2.05, 4.69) is 10.6 Å². The summed E-state index contributed by atoms with van der Waals surface area (Å²) in [7, 11) is 0. The van der Waals surface area contributed by atoms with Crippen LogP contribution in [0.4, 0.5) is 17.1 Å². The van der Waals surface area contributed by atoms with Gasteiger partial charge in [0.05, 0.1) is 23.7 Å². The number of hydrogen-bond acceptors (Lipinski definition) is 6. The maximum absolute atomic E-state index is 13.0. The Morgan fingerprint density at radius 1 is 1.16 bits per heavy atom. The molecule has 0 fully saturated rings. The third kappa shape index (κ3) is 5.11. The van der Waals surface area contributed by atoms with E-state index in [1.54, 1.807) is 42.5 Å². The van der Waals surface area contributed by atoms with Crippen molar-refractivity contribution >= 4 is 28.9 Å². The highest BCUT2D eigenvalue weighted by molar-refractivity contribution is 5.99. The molecule has 2 aromatic rings. The van der Waals surface area contributed by atoms with Crippen molar-refractivity contribution < 1.29 is 19.2 Å². The zero-order valence-corrected chi connectivity index (χ0v) is 17.5. The first-order valence-electron chi connectivity index (χ1n) is 10.3. The van der Waals surface area contributed by atoms with Gasteiger partial charge in [-0.1, -0.05) is 38.1 Å². The zero-order valence-electron chi connectivity index (χ0n) is 17.5. The van der Waals surface area contributed by atoms with E-state index in [0.29, 0.717) is 11.4 Å². The van der Waals surface area contributed by atoms with Gasteiger partial charge in [-0.3, -0.25) is 19.7 Å². The fourth-order valence-corrected chi connectivity index (χ4v) is 3.44. The fraction of sp³-hybridized carbons (Fsp3) is 0.364. The first kappa shape index (κ1) is 22.1. The zero-order chi connectivity index (χ0) is 22.4. The Morgan fingerprint density at radius 3 is 2.55 bits per heavy atom. The van der Waals surface area contributed by atoms with Crippen molar-refractivity contribution in [2.45, 2.75) is 38.8 Å². The number of fused-ring (bicyclic) bond motifs is 1. The molecule has 1 atom stereocenters. The lowest BCUT2D eigenvalue weighted by atomic mass is 10.1. The summed E-state index contributed by atoms with van der Waals surface area (Å²) in [5.74, 6) is -0.153. The number of rotatable bonds is 8. The number of benzene rings is 2. The summed E-state index contributed by atoms with van der Waals surface area (Å²) in [4.78, 5) is 37.9. The highest BCUT2D eigenvalue weighted by Crippen LogP contribution is 2.33. The molecule has 0 aliphatic carbocycles. The Balaban J connectivity index is 1.76. The molecule has 1 aliphatic rings. The number of nitrogens with zero attached hydrogens (tertiary/aromatic N) is 2. The van der Waals surface area contributed by atoms with E-state index in [1.165, 1.54) is 11.0 Å². The lowest BCUT2D eigenvalue weighted by molar-refractivity contribution is -0.383. The molecule has 31 heavy (non-hydrogen) atoms. The van der Waals surface area contributed by atoms with Crippen molar-refractivity contribution in [3.05, 3.63) is 58.6 Å². The van der Waals surface area contributed by atoms with Crippen molar-refractivity contribution in [3.8, 4) is 5.75 Å². The van der Waals surface area contributed by atoms with Gasteiger partial charge < -0.3 is 20.3 Å². The minimum absolute atomic E-state index is 0.0396. The van der Waals surface area contributed by atoms with Gasteiger partial charge in [-0.2, -0.15) is 0 Å². The quantitative estimate of drug-likeness (QED) is 0.495. The van der Waals surface area contributed by atoms with E-state index in [0.717, 1.165) is 12.8 Å². The third-order valence-corrected chi connectivity index (χ3v) is 5.23. The van der Waals surface area contributed by atoms with Crippen LogP contribution >= 0.6 is 0 Å². The highest BCUT2D eigenvalue weighted by atomic mass is 16.6. The smallest absolute Gasteiger partial charge is 0.292 e. The van der Waals surface area contributed by atoms with E-state index in [-0.39, 0.29) is 42.3 Å². The van der Waals surface area contributed by atoms with Gasteiger partial charge in [-0.15, -0.1) is 0 Å². The van der Waals surface area contributed by atoms with Crippen LogP contribution in [0.3, 0.4) is 0 Å². The van der Waals surface area contributed by atoms with Crippen molar-refractivity contribution in [1.82, 2.24) is 5.32 Å². The maximum Gasteiger partial charge on any atom is 0.292 e. The maximum atomic E-state index is 13.0. The molecule has 0 bridgehead atoms. The van der Waals surface area contributed by atoms with Gasteiger partial charge in [0.15, 0.2) is 6.10 Å². The summed E-state index contributed by atoms with van der Waals surface area (Å²) in [6, 6.07) is 13.2. The van der Waals surface area contributed by atoms with E-state index < -0.39 is 11.0 Å². The molecule has 0 saturated heterocycles. The number of nitro groups is 1. The van der Waals surface area contributed by atoms with Gasteiger partial charge in [0.2, 0.25) is 5.91 Å². The Hall–Kier alpha value is -3.62. The number of hydrogen-bond donors (Lipinski definition) is 2. The van der Waals surface area contributed by atoms with Crippen LogP contribution in [0.2, 0.25) is 0 Å². The van der Waals surface area contributed by atoms with Gasteiger partial charge in [0.25, 0.3) is 11.6 Å². The summed E-state index contributed by atoms with van der Waals surface area (Å²) in [5, 5.41) is 17.0. The number of carbonyl (C=O) groups excluding carboxylic acids is 2. The number of para-hydroxylation sites is 4. The summed E-state index contributed by atoms with van der Waals surface area (Å²) in [5.41, 5.74) is 0.703. The normalized spacial score (nSPS) is 15.1. The van der Waals surface area contributed by atoms with Crippen LogP contribution < -0.4 is 20.3 Å². The van der Waals surface area contributed by atoms with Gasteiger partial charge in [-0.25, -0.2) is 0 Å². The Labute approximate surface area is 180 Å². The average Bonchev–Trinajstić information content (AvgIpc) is 2.80. The van der Waals surface area contributed by atoms with E-state index in [9.17, 15) is 19.7 Å². The molecule has 2 aromatic carbocycles. The molecule has 2 amide bonds. The minimum Gasteiger partial charge on any atom is -0.477 e. The van der Waals surface area contributed by atoms with Gasteiger partial charge >= 0.3 is 0 Å². The van der Waals surface area contributed by atoms with Crippen LogP contribution in [0.25, 0.3) is 0 Å². The second-order valence-electron chi connectivity index (χ2n) is 7.23. The molecule has 0 aromatic heterocycles. The Morgan fingerprint density at radius 2 is 1.84 bits per heavy atom. The first-order chi connectivity index (χ1) is 14.9. The fourth-order valence-electron chi connectivity index (χ4n) is 3.44. The summed E-state index contributed by atoms with van der Waals surface area (Å²) >= 11 is 0. The molecule has 164 valence electrons. The molecule has 9 nitrogen and oxygen atoms in total. The van der Waals surface area contributed by atoms with Gasteiger partial charge in [-0.05, 0) is 31.0 Å². The Bertz CT molecular complexity index is 960. The summed E-state index contributed by atoms with van der Waals surface area (Å²) in [6.45, 7) is 3.88. The largest absolute Gasteiger partial charge is 0.477 e. The lowest BCUT2D eigenvalue weighted by Gasteiger charge is -2.34. The van der Waals surface area contributed by atoms with E-state index in [1.807, 2.05) is 13.8 Å². The number of nitro benzene ring substituents is 1. The highest BCUT2D eigenvalue weighted by Gasteiger charge is 2.34. The van der Waals surface area contributed by atoms with Crippen LogP contribution in [0.5, 0.6) is 5.75 Å². The number of amides is 2.